The number of carbonyl (C=O) groups excluding carboxylic acids is 1. The summed E-state index contributed by atoms with van der Waals surface area (Å²) in [4.78, 5) is 11.6. The van der Waals surface area contributed by atoms with Crippen LogP contribution in [0.15, 0.2) is 30.3 Å². The van der Waals surface area contributed by atoms with Crippen LogP contribution in [0.3, 0.4) is 0 Å². The third-order valence-corrected chi connectivity index (χ3v) is 2.96. The lowest BCUT2D eigenvalue weighted by Crippen LogP contribution is -2.34. The minimum Gasteiger partial charge on any atom is -0.348 e. The molecule has 1 fully saturated rings. The van der Waals surface area contributed by atoms with E-state index in [9.17, 15) is 4.79 Å². The van der Waals surface area contributed by atoms with Gasteiger partial charge in [0.15, 0.2) is 0 Å². The predicted molar refractivity (Wildman–Crippen MR) is 69.9 cm³/mol. The van der Waals surface area contributed by atoms with Crippen LogP contribution >= 0.6 is 11.6 Å². The van der Waals surface area contributed by atoms with Crippen LogP contribution in [0.25, 0.3) is 6.08 Å². The molecule has 0 spiro atoms. The van der Waals surface area contributed by atoms with E-state index in [0.29, 0.717) is 5.02 Å². The zero-order valence-electron chi connectivity index (χ0n) is 9.45. The van der Waals surface area contributed by atoms with Crippen molar-refractivity contribution in [2.45, 2.75) is 12.5 Å². The topological polar surface area (TPSA) is 41.1 Å². The van der Waals surface area contributed by atoms with Crippen LogP contribution in [-0.4, -0.2) is 25.0 Å². The van der Waals surface area contributed by atoms with E-state index in [1.54, 1.807) is 24.3 Å². The van der Waals surface area contributed by atoms with Gasteiger partial charge in [-0.05, 0) is 36.7 Å². The molecule has 1 atom stereocenters. The molecule has 2 N–H and O–H groups in total. The van der Waals surface area contributed by atoms with Gasteiger partial charge in [-0.15, -0.1) is 0 Å². The van der Waals surface area contributed by atoms with Gasteiger partial charge in [0, 0.05) is 23.7 Å². The van der Waals surface area contributed by atoms with Gasteiger partial charge in [0.25, 0.3) is 0 Å². The predicted octanol–water partition coefficient (Wildman–Crippen LogP) is 1.83. The molecule has 1 amide bonds. The third-order valence-electron chi connectivity index (χ3n) is 2.70. The molecule has 0 saturated carbocycles. The van der Waals surface area contributed by atoms with E-state index in [1.807, 2.05) is 12.1 Å². The van der Waals surface area contributed by atoms with Gasteiger partial charge in [-0.1, -0.05) is 23.7 Å². The number of rotatable bonds is 3. The summed E-state index contributed by atoms with van der Waals surface area (Å²) in [6.45, 7) is 1.84. The highest BCUT2D eigenvalue weighted by molar-refractivity contribution is 6.30. The average molecular weight is 251 g/mol. The van der Waals surface area contributed by atoms with Crippen molar-refractivity contribution >= 4 is 23.6 Å². The van der Waals surface area contributed by atoms with E-state index >= 15 is 0 Å². The van der Waals surface area contributed by atoms with E-state index in [2.05, 4.69) is 10.6 Å². The highest BCUT2D eigenvalue weighted by atomic mass is 35.5. The number of benzene rings is 1. The first-order valence-corrected chi connectivity index (χ1v) is 6.07. The van der Waals surface area contributed by atoms with E-state index in [0.717, 1.165) is 25.1 Å². The Morgan fingerprint density at radius 2 is 2.18 bits per heavy atom. The van der Waals surface area contributed by atoms with Crippen LogP contribution in [0.5, 0.6) is 0 Å². The van der Waals surface area contributed by atoms with Crippen molar-refractivity contribution in [2.24, 2.45) is 0 Å². The highest BCUT2D eigenvalue weighted by Crippen LogP contribution is 2.10. The van der Waals surface area contributed by atoms with Crippen LogP contribution in [-0.2, 0) is 4.79 Å². The zero-order valence-corrected chi connectivity index (χ0v) is 10.2. The summed E-state index contributed by atoms with van der Waals surface area (Å²) in [7, 11) is 0. The Morgan fingerprint density at radius 3 is 2.82 bits per heavy atom. The Hall–Kier alpha value is -1.32. The molecule has 1 aromatic carbocycles. The van der Waals surface area contributed by atoms with Crippen LogP contribution in [0.2, 0.25) is 5.02 Å². The number of nitrogens with one attached hydrogen (secondary N) is 2. The molecule has 0 radical (unpaired) electrons. The molecular formula is C13H15ClN2O. The van der Waals surface area contributed by atoms with Crippen LogP contribution in [0.1, 0.15) is 12.0 Å². The summed E-state index contributed by atoms with van der Waals surface area (Å²) in [6.07, 6.45) is 4.34. The normalized spacial score (nSPS) is 19.7. The molecule has 0 aromatic heterocycles. The van der Waals surface area contributed by atoms with Crippen molar-refractivity contribution in [2.75, 3.05) is 13.1 Å². The summed E-state index contributed by atoms with van der Waals surface area (Å²) in [5.41, 5.74) is 0.967. The lowest BCUT2D eigenvalue weighted by atomic mass is 10.2. The maximum Gasteiger partial charge on any atom is 0.244 e. The first kappa shape index (κ1) is 12.1. The molecule has 2 rings (SSSR count). The molecule has 17 heavy (non-hydrogen) atoms. The van der Waals surface area contributed by atoms with Gasteiger partial charge in [0.1, 0.15) is 0 Å². The summed E-state index contributed by atoms with van der Waals surface area (Å²) in [5.74, 6) is -0.0475. The molecule has 3 nitrogen and oxygen atoms in total. The number of carbonyl (C=O) groups is 1. The largest absolute Gasteiger partial charge is 0.348 e. The van der Waals surface area contributed by atoms with E-state index in [1.165, 1.54) is 0 Å². The average Bonchev–Trinajstić information content (AvgIpc) is 2.81. The second-order valence-electron chi connectivity index (χ2n) is 4.08. The van der Waals surface area contributed by atoms with Crippen LogP contribution < -0.4 is 10.6 Å². The van der Waals surface area contributed by atoms with Crippen molar-refractivity contribution in [3.63, 3.8) is 0 Å². The minimum atomic E-state index is -0.0475. The first-order chi connectivity index (χ1) is 8.24. The van der Waals surface area contributed by atoms with Crippen LogP contribution in [0, 0.1) is 0 Å². The Bertz CT molecular complexity index is 408. The fourth-order valence-corrected chi connectivity index (χ4v) is 1.90. The van der Waals surface area contributed by atoms with Gasteiger partial charge >= 0.3 is 0 Å². The summed E-state index contributed by atoms with van der Waals surface area (Å²) >= 11 is 5.78. The van der Waals surface area contributed by atoms with E-state index in [4.69, 9.17) is 11.6 Å². The second-order valence-corrected chi connectivity index (χ2v) is 4.52. The number of halogens is 1. The van der Waals surface area contributed by atoms with Crippen molar-refractivity contribution in [3.05, 3.63) is 40.9 Å². The van der Waals surface area contributed by atoms with Crippen molar-refractivity contribution < 1.29 is 4.79 Å². The molecule has 1 aliphatic rings. The SMILES string of the molecule is O=C(C=Cc1ccc(Cl)cc1)N[C@H]1CCNC1. The molecule has 1 aromatic rings. The van der Waals surface area contributed by atoms with Crippen molar-refractivity contribution in [3.8, 4) is 0 Å². The Labute approximate surface area is 106 Å². The van der Waals surface area contributed by atoms with Gasteiger partial charge in [-0.25, -0.2) is 0 Å². The standard InChI is InChI=1S/C13H15ClN2O/c14-11-4-1-10(2-5-11)3-6-13(17)16-12-7-8-15-9-12/h1-6,12,15H,7-9H2,(H,16,17)/t12-/m0/s1. The highest BCUT2D eigenvalue weighted by Gasteiger charge is 2.14. The fourth-order valence-electron chi connectivity index (χ4n) is 1.77. The maximum absolute atomic E-state index is 11.6. The zero-order chi connectivity index (χ0) is 12.1. The Morgan fingerprint density at radius 1 is 1.41 bits per heavy atom. The Kier molecular flexibility index (Phi) is 4.18. The van der Waals surface area contributed by atoms with Gasteiger partial charge in [0.2, 0.25) is 5.91 Å². The molecule has 4 heteroatoms. The summed E-state index contributed by atoms with van der Waals surface area (Å²) in [6, 6.07) is 7.63. The van der Waals surface area contributed by atoms with Gasteiger partial charge < -0.3 is 10.6 Å². The minimum absolute atomic E-state index is 0.0475. The lowest BCUT2D eigenvalue weighted by molar-refractivity contribution is -0.117. The van der Waals surface area contributed by atoms with Crippen molar-refractivity contribution in [1.29, 1.82) is 0 Å². The van der Waals surface area contributed by atoms with Crippen LogP contribution in [0.4, 0.5) is 0 Å². The Balaban J connectivity index is 1.86. The van der Waals surface area contributed by atoms with Gasteiger partial charge in [-0.3, -0.25) is 4.79 Å². The molecule has 0 bridgehead atoms. The molecular weight excluding hydrogens is 236 g/mol. The summed E-state index contributed by atoms with van der Waals surface area (Å²) in [5, 5.41) is 6.85. The van der Waals surface area contributed by atoms with Gasteiger partial charge in [0.05, 0.1) is 0 Å². The second kappa shape index (κ2) is 5.84. The third kappa shape index (κ3) is 3.88. The maximum atomic E-state index is 11.6. The first-order valence-electron chi connectivity index (χ1n) is 5.69. The number of amides is 1. The van der Waals surface area contributed by atoms with Crippen molar-refractivity contribution in [1.82, 2.24) is 10.6 Å². The molecule has 0 aliphatic carbocycles. The molecule has 1 aliphatic heterocycles. The number of hydrogen-bond acceptors (Lipinski definition) is 2. The molecule has 0 unspecified atom stereocenters. The summed E-state index contributed by atoms with van der Waals surface area (Å²) < 4.78 is 0. The number of hydrogen-bond donors (Lipinski definition) is 2. The van der Waals surface area contributed by atoms with E-state index < -0.39 is 0 Å². The molecule has 90 valence electrons. The smallest absolute Gasteiger partial charge is 0.244 e. The lowest BCUT2D eigenvalue weighted by Gasteiger charge is -2.08. The molecule has 1 saturated heterocycles. The monoisotopic (exact) mass is 250 g/mol. The molecule has 1 heterocycles. The quantitative estimate of drug-likeness (QED) is 0.804. The fraction of sp³-hybridized carbons (Fsp3) is 0.308. The van der Waals surface area contributed by atoms with Gasteiger partial charge in [-0.2, -0.15) is 0 Å². The van der Waals surface area contributed by atoms with E-state index in [-0.39, 0.29) is 11.9 Å².